The van der Waals surface area contributed by atoms with Gasteiger partial charge in [-0.1, -0.05) is 18.6 Å². The smallest absolute Gasteiger partial charge is 0.122 e. The van der Waals surface area contributed by atoms with E-state index in [-0.39, 0.29) is 23.0 Å². The first-order valence-electron chi connectivity index (χ1n) is 12.0. The molecule has 2 saturated heterocycles. The largest absolute Gasteiger partial charge is 0.508 e. The molecule has 2 aliphatic heterocycles. The van der Waals surface area contributed by atoms with Crippen molar-refractivity contribution in [3.63, 3.8) is 0 Å². The lowest BCUT2D eigenvalue weighted by molar-refractivity contribution is 0.307. The molecule has 174 valence electrons. The number of likely N-dealkylation sites (tertiary alicyclic amines) is 1. The van der Waals surface area contributed by atoms with Crippen molar-refractivity contribution in [3.05, 3.63) is 47.5 Å². The summed E-state index contributed by atoms with van der Waals surface area (Å²) in [5.74, 6) is 1.70. The number of rotatable bonds is 9. The van der Waals surface area contributed by atoms with Crippen molar-refractivity contribution in [3.8, 4) is 23.0 Å². The number of phenols is 4. The van der Waals surface area contributed by atoms with Gasteiger partial charge in [0.1, 0.15) is 23.0 Å². The Kier molecular flexibility index (Phi) is 7.43. The molecule has 3 unspecified atom stereocenters. The van der Waals surface area contributed by atoms with Gasteiger partial charge in [0.25, 0.3) is 0 Å². The molecule has 0 amide bonds. The van der Waals surface area contributed by atoms with Crippen molar-refractivity contribution in [2.24, 2.45) is 11.8 Å². The second-order valence-corrected chi connectivity index (χ2v) is 9.59. The van der Waals surface area contributed by atoms with Crippen molar-refractivity contribution in [2.75, 3.05) is 26.2 Å². The number of benzene rings is 2. The predicted octanol–water partition coefficient (Wildman–Crippen LogP) is 3.76. The Labute approximate surface area is 190 Å². The number of nitrogens with one attached hydrogen (secondary N) is 1. The van der Waals surface area contributed by atoms with Gasteiger partial charge in [0.15, 0.2) is 0 Å². The lowest BCUT2D eigenvalue weighted by Gasteiger charge is -2.21. The minimum absolute atomic E-state index is 0.108. The average Bonchev–Trinajstić information content (AvgIpc) is 3.39. The maximum atomic E-state index is 10.1. The van der Waals surface area contributed by atoms with E-state index in [1.54, 1.807) is 12.1 Å². The monoisotopic (exact) mass is 440 g/mol. The molecule has 2 aromatic carbocycles. The summed E-state index contributed by atoms with van der Waals surface area (Å²) in [4.78, 5) is 2.54. The van der Waals surface area contributed by atoms with E-state index in [0.29, 0.717) is 17.9 Å². The average molecular weight is 441 g/mol. The number of aromatic hydroxyl groups is 4. The lowest BCUT2D eigenvalue weighted by atomic mass is 9.89. The molecule has 6 nitrogen and oxygen atoms in total. The molecule has 4 rings (SSSR count). The zero-order chi connectivity index (χ0) is 22.5. The highest BCUT2D eigenvalue weighted by molar-refractivity contribution is 5.40. The van der Waals surface area contributed by atoms with Gasteiger partial charge in [0.05, 0.1) is 0 Å². The van der Waals surface area contributed by atoms with Crippen LogP contribution in [0.4, 0.5) is 0 Å². The highest BCUT2D eigenvalue weighted by atomic mass is 16.3. The van der Waals surface area contributed by atoms with Crippen LogP contribution in [0.15, 0.2) is 36.4 Å². The fraction of sp³-hybridized carbons (Fsp3) is 0.538. The summed E-state index contributed by atoms with van der Waals surface area (Å²) < 4.78 is 0. The Morgan fingerprint density at radius 2 is 1.53 bits per heavy atom. The standard InChI is InChI=1S/C26H36N2O4/c29-22-6-4-20(25(31)15-22)13-18-9-12-28(17-18)11-2-1-3-24-19(8-10-27-24)14-21-5-7-23(30)16-26(21)32/h4-7,15-16,18-19,24,27,29-32H,1-3,8-14,17H2. The fourth-order valence-corrected chi connectivity index (χ4v) is 5.43. The normalized spacial score (nSPS) is 23.7. The van der Waals surface area contributed by atoms with Crippen molar-refractivity contribution < 1.29 is 20.4 Å². The van der Waals surface area contributed by atoms with Gasteiger partial charge >= 0.3 is 0 Å². The van der Waals surface area contributed by atoms with Crippen LogP contribution in [0.3, 0.4) is 0 Å². The molecule has 0 bridgehead atoms. The van der Waals surface area contributed by atoms with Gasteiger partial charge < -0.3 is 30.6 Å². The highest BCUT2D eigenvalue weighted by Gasteiger charge is 2.28. The van der Waals surface area contributed by atoms with Gasteiger partial charge in [-0.25, -0.2) is 0 Å². The van der Waals surface area contributed by atoms with E-state index < -0.39 is 0 Å². The molecule has 5 N–H and O–H groups in total. The van der Waals surface area contributed by atoms with Gasteiger partial charge in [0, 0.05) is 24.7 Å². The maximum absolute atomic E-state index is 10.1. The van der Waals surface area contributed by atoms with E-state index in [0.717, 1.165) is 69.4 Å². The molecule has 6 heteroatoms. The molecule has 3 atom stereocenters. The van der Waals surface area contributed by atoms with Crippen LogP contribution in [0, 0.1) is 11.8 Å². The van der Waals surface area contributed by atoms with Crippen LogP contribution in [-0.2, 0) is 12.8 Å². The molecular weight excluding hydrogens is 404 g/mol. The first kappa shape index (κ1) is 22.7. The van der Waals surface area contributed by atoms with Crippen LogP contribution >= 0.6 is 0 Å². The first-order valence-corrected chi connectivity index (χ1v) is 12.0. The molecule has 0 saturated carbocycles. The Hall–Kier alpha value is -2.44. The molecule has 0 aromatic heterocycles. The minimum Gasteiger partial charge on any atom is -0.508 e. The molecule has 32 heavy (non-hydrogen) atoms. The van der Waals surface area contributed by atoms with Gasteiger partial charge in [-0.3, -0.25) is 0 Å². The second kappa shape index (κ2) is 10.5. The van der Waals surface area contributed by atoms with E-state index in [1.807, 2.05) is 12.1 Å². The third-order valence-corrected chi connectivity index (χ3v) is 7.23. The van der Waals surface area contributed by atoms with Crippen LogP contribution in [-0.4, -0.2) is 57.5 Å². The van der Waals surface area contributed by atoms with E-state index in [1.165, 1.54) is 25.0 Å². The summed E-state index contributed by atoms with van der Waals surface area (Å²) in [6, 6.07) is 10.3. The van der Waals surface area contributed by atoms with Crippen molar-refractivity contribution >= 4 is 0 Å². The van der Waals surface area contributed by atoms with Crippen LogP contribution < -0.4 is 5.32 Å². The van der Waals surface area contributed by atoms with Crippen molar-refractivity contribution in [1.82, 2.24) is 10.2 Å². The number of nitrogens with zero attached hydrogens (tertiary/aromatic N) is 1. The predicted molar refractivity (Wildman–Crippen MR) is 125 cm³/mol. The zero-order valence-corrected chi connectivity index (χ0v) is 18.7. The lowest BCUT2D eigenvalue weighted by Crippen LogP contribution is -2.28. The summed E-state index contributed by atoms with van der Waals surface area (Å²) in [6.45, 7) is 4.35. The quantitative estimate of drug-likeness (QED) is 0.381. The Bertz CT molecular complexity index is 903. The molecule has 2 aromatic rings. The molecule has 2 aliphatic rings. The van der Waals surface area contributed by atoms with E-state index in [2.05, 4.69) is 10.2 Å². The molecular formula is C26H36N2O4. The maximum Gasteiger partial charge on any atom is 0.122 e. The third kappa shape index (κ3) is 5.87. The SMILES string of the molecule is Oc1ccc(CC2CCN(CCCCC3NCCC3Cc3ccc(O)cc3O)C2)c(O)c1. The van der Waals surface area contributed by atoms with Crippen molar-refractivity contribution in [2.45, 2.75) is 51.0 Å². The molecule has 0 radical (unpaired) electrons. The summed E-state index contributed by atoms with van der Waals surface area (Å²) in [5.41, 5.74) is 1.84. The summed E-state index contributed by atoms with van der Waals surface area (Å²) >= 11 is 0. The summed E-state index contributed by atoms with van der Waals surface area (Å²) in [7, 11) is 0. The second-order valence-electron chi connectivity index (χ2n) is 9.59. The van der Waals surface area contributed by atoms with Crippen LogP contribution in [0.5, 0.6) is 23.0 Å². The van der Waals surface area contributed by atoms with Gasteiger partial charge in [-0.15, -0.1) is 0 Å². The van der Waals surface area contributed by atoms with Crippen molar-refractivity contribution in [1.29, 1.82) is 0 Å². The van der Waals surface area contributed by atoms with E-state index in [4.69, 9.17) is 0 Å². The minimum atomic E-state index is 0.108. The molecule has 0 spiro atoms. The molecule has 2 fully saturated rings. The number of phenolic OH excluding ortho intramolecular Hbond substituents is 4. The summed E-state index contributed by atoms with van der Waals surface area (Å²) in [5, 5.41) is 42.7. The van der Waals surface area contributed by atoms with E-state index in [9.17, 15) is 20.4 Å². The molecule has 2 heterocycles. The number of hydrogen-bond acceptors (Lipinski definition) is 6. The van der Waals surface area contributed by atoms with Crippen LogP contribution in [0.25, 0.3) is 0 Å². The summed E-state index contributed by atoms with van der Waals surface area (Å²) in [6.07, 6.45) is 7.53. The van der Waals surface area contributed by atoms with E-state index >= 15 is 0 Å². The zero-order valence-electron chi connectivity index (χ0n) is 18.7. The van der Waals surface area contributed by atoms with Crippen LogP contribution in [0.2, 0.25) is 0 Å². The fourth-order valence-electron chi connectivity index (χ4n) is 5.43. The first-order chi connectivity index (χ1) is 15.5. The Morgan fingerprint density at radius 1 is 0.844 bits per heavy atom. The van der Waals surface area contributed by atoms with Gasteiger partial charge in [-0.2, -0.15) is 0 Å². The number of unbranched alkanes of at least 4 members (excludes halogenated alkanes) is 1. The van der Waals surface area contributed by atoms with Gasteiger partial charge in [-0.05, 0) is 93.3 Å². The Morgan fingerprint density at radius 3 is 2.22 bits per heavy atom. The van der Waals surface area contributed by atoms with Gasteiger partial charge in [0.2, 0.25) is 0 Å². The highest BCUT2D eigenvalue weighted by Crippen LogP contribution is 2.31. The molecule has 0 aliphatic carbocycles. The third-order valence-electron chi connectivity index (χ3n) is 7.23. The Balaban J connectivity index is 1.16. The topological polar surface area (TPSA) is 96.2 Å². The number of hydrogen-bond donors (Lipinski definition) is 5. The van der Waals surface area contributed by atoms with Crippen LogP contribution in [0.1, 0.15) is 43.2 Å².